The molecule has 0 spiro atoms. The van der Waals surface area contributed by atoms with Crippen molar-refractivity contribution < 1.29 is 9.59 Å². The number of hydrogen-bond donors (Lipinski definition) is 0. The molecular weight excluding hydrogens is 433 g/mol. The van der Waals surface area contributed by atoms with Crippen LogP contribution in [-0.4, -0.2) is 16.6 Å². The Bertz CT molecular complexity index is 1060. The molecule has 0 bridgehead atoms. The van der Waals surface area contributed by atoms with E-state index < -0.39 is 0 Å². The van der Waals surface area contributed by atoms with Crippen LogP contribution in [0.3, 0.4) is 0 Å². The van der Waals surface area contributed by atoms with Crippen LogP contribution >= 0.6 is 46.7 Å². The quantitative estimate of drug-likeness (QED) is 0.456. The van der Waals surface area contributed by atoms with Gasteiger partial charge in [0.05, 0.1) is 25.4 Å². The predicted octanol–water partition coefficient (Wildman–Crippen LogP) is 6.56. The zero-order chi connectivity index (χ0) is 19.7. The molecule has 138 valence electrons. The molecule has 0 radical (unpaired) electrons. The van der Waals surface area contributed by atoms with Crippen molar-refractivity contribution in [2.75, 3.05) is 0 Å². The molecule has 0 N–H and O–H groups in total. The number of allylic oxidation sites excluding steroid dienone is 2. The van der Waals surface area contributed by atoms with Gasteiger partial charge in [-0.05, 0) is 36.4 Å². The van der Waals surface area contributed by atoms with Gasteiger partial charge >= 0.3 is 0 Å². The van der Waals surface area contributed by atoms with Crippen LogP contribution < -0.4 is 0 Å². The Kier molecular flexibility index (Phi) is 5.60. The first-order valence-electron chi connectivity index (χ1n) is 8.19. The number of pyridine rings is 1. The highest BCUT2D eigenvalue weighted by molar-refractivity contribution is 8.08. The third-order valence-corrected chi connectivity index (χ3v) is 7.34. The van der Waals surface area contributed by atoms with Gasteiger partial charge < -0.3 is 0 Å². The van der Waals surface area contributed by atoms with E-state index in [0.717, 1.165) is 0 Å². The van der Waals surface area contributed by atoms with Crippen LogP contribution in [0.4, 0.5) is 0 Å². The van der Waals surface area contributed by atoms with Gasteiger partial charge in [-0.25, -0.2) is 0 Å². The molecular formula is C21H11Cl2NO2S2. The largest absolute Gasteiger partial charge is 0.288 e. The monoisotopic (exact) mass is 443 g/mol. The van der Waals surface area contributed by atoms with Gasteiger partial charge in [0.2, 0.25) is 11.6 Å². The summed E-state index contributed by atoms with van der Waals surface area (Å²) in [5.41, 5.74) is 0.455. The van der Waals surface area contributed by atoms with Gasteiger partial charge in [0.25, 0.3) is 0 Å². The molecule has 1 aromatic heterocycles. The lowest BCUT2D eigenvalue weighted by molar-refractivity contribution is 0.0984. The van der Waals surface area contributed by atoms with E-state index in [-0.39, 0.29) is 17.3 Å². The maximum Gasteiger partial charge on any atom is 0.220 e. The molecule has 1 heterocycles. The van der Waals surface area contributed by atoms with Crippen molar-refractivity contribution >= 4 is 58.3 Å². The zero-order valence-corrected chi connectivity index (χ0v) is 17.3. The Balaban J connectivity index is 1.86. The van der Waals surface area contributed by atoms with Gasteiger partial charge in [0, 0.05) is 16.0 Å². The Morgan fingerprint density at radius 2 is 1.21 bits per heavy atom. The summed E-state index contributed by atoms with van der Waals surface area (Å²) in [6.45, 7) is 0. The number of carbonyl (C=O) groups excluding carboxylic acids is 2. The number of ketones is 2. The summed E-state index contributed by atoms with van der Waals surface area (Å²) in [4.78, 5) is 32.5. The van der Waals surface area contributed by atoms with Crippen molar-refractivity contribution in [3.05, 3.63) is 98.0 Å². The van der Waals surface area contributed by atoms with E-state index in [2.05, 4.69) is 4.98 Å². The number of benzene rings is 2. The fraction of sp³-hybridized carbons (Fsp3) is 0. The van der Waals surface area contributed by atoms with Gasteiger partial charge in [-0.2, -0.15) is 0 Å². The first-order valence-corrected chi connectivity index (χ1v) is 10.6. The summed E-state index contributed by atoms with van der Waals surface area (Å²) >= 11 is 14.9. The number of nitrogens with zero attached hydrogens (tertiary/aromatic N) is 1. The number of fused-ring (bicyclic) bond motifs is 1. The van der Waals surface area contributed by atoms with Gasteiger partial charge in [0.15, 0.2) is 0 Å². The van der Waals surface area contributed by atoms with Crippen LogP contribution in [0, 0.1) is 0 Å². The number of Topliss-reactive ketones (excluding diaryl/α,β-unsaturated/α-hetero) is 2. The van der Waals surface area contributed by atoms with Crippen molar-refractivity contribution in [2.24, 2.45) is 0 Å². The third kappa shape index (κ3) is 3.63. The average Bonchev–Trinajstić information content (AvgIpc) is 2.71. The second-order valence-electron chi connectivity index (χ2n) is 5.78. The average molecular weight is 444 g/mol. The number of hydrogen-bond acceptors (Lipinski definition) is 5. The molecule has 3 aromatic rings. The highest BCUT2D eigenvalue weighted by Gasteiger charge is 2.35. The maximum absolute atomic E-state index is 13.2. The Morgan fingerprint density at radius 3 is 1.79 bits per heavy atom. The highest BCUT2D eigenvalue weighted by atomic mass is 35.5. The lowest BCUT2D eigenvalue weighted by Crippen LogP contribution is -2.21. The van der Waals surface area contributed by atoms with Gasteiger partial charge in [0.1, 0.15) is 5.69 Å². The van der Waals surface area contributed by atoms with E-state index in [4.69, 9.17) is 23.2 Å². The number of halogens is 2. The topological polar surface area (TPSA) is 47.0 Å². The fourth-order valence-electron chi connectivity index (χ4n) is 2.67. The second-order valence-corrected chi connectivity index (χ2v) is 8.70. The summed E-state index contributed by atoms with van der Waals surface area (Å²) in [6, 6.07) is 17.7. The molecule has 0 saturated heterocycles. The van der Waals surface area contributed by atoms with Gasteiger partial charge in [-0.15, -0.1) is 0 Å². The van der Waals surface area contributed by atoms with Crippen LogP contribution in [0.1, 0.15) is 20.8 Å². The van der Waals surface area contributed by atoms with Crippen LogP contribution in [0.15, 0.2) is 86.5 Å². The summed E-state index contributed by atoms with van der Waals surface area (Å²) < 4.78 is 0. The molecule has 0 fully saturated rings. The van der Waals surface area contributed by atoms with Crippen molar-refractivity contribution in [2.45, 2.75) is 9.79 Å². The first kappa shape index (κ1) is 19.3. The minimum atomic E-state index is -0.297. The minimum Gasteiger partial charge on any atom is -0.288 e. The smallest absolute Gasteiger partial charge is 0.220 e. The van der Waals surface area contributed by atoms with E-state index in [1.54, 1.807) is 24.3 Å². The molecule has 1 aliphatic rings. The van der Waals surface area contributed by atoms with Crippen molar-refractivity contribution in [3.8, 4) is 0 Å². The standard InChI is InChI=1S/C21H11Cl2NO2S2/c22-13-7-1-3-9-15(13)27-20-18(25)12-6-5-11-24-17(12)19(26)21(20)28-16-10-4-2-8-14(16)23/h1-11H. The van der Waals surface area contributed by atoms with Gasteiger partial charge in [-0.1, -0.05) is 71.0 Å². The molecule has 2 aromatic carbocycles. The van der Waals surface area contributed by atoms with Crippen molar-refractivity contribution in [1.82, 2.24) is 4.98 Å². The number of carbonyl (C=O) groups is 2. The first-order chi connectivity index (χ1) is 13.6. The third-order valence-electron chi connectivity index (χ3n) is 3.98. The molecule has 0 aliphatic heterocycles. The lowest BCUT2D eigenvalue weighted by atomic mass is 10.00. The van der Waals surface area contributed by atoms with E-state index in [9.17, 15) is 9.59 Å². The molecule has 7 heteroatoms. The predicted molar refractivity (Wildman–Crippen MR) is 115 cm³/mol. The molecule has 28 heavy (non-hydrogen) atoms. The zero-order valence-electron chi connectivity index (χ0n) is 14.2. The molecule has 1 aliphatic carbocycles. The number of rotatable bonds is 4. The molecule has 0 atom stereocenters. The van der Waals surface area contributed by atoms with Crippen molar-refractivity contribution in [1.29, 1.82) is 0 Å². The number of aromatic nitrogens is 1. The van der Waals surface area contributed by atoms with Crippen LogP contribution in [-0.2, 0) is 0 Å². The highest BCUT2D eigenvalue weighted by Crippen LogP contribution is 2.45. The maximum atomic E-state index is 13.2. The summed E-state index contributed by atoms with van der Waals surface area (Å²) in [7, 11) is 0. The molecule has 4 rings (SSSR count). The SMILES string of the molecule is O=C1C(Sc2ccccc2Cl)=C(Sc2ccccc2Cl)C(=O)c2ncccc21. The Labute approximate surface area is 180 Å². The summed E-state index contributed by atoms with van der Waals surface area (Å²) in [5.74, 6) is -0.545. The van der Waals surface area contributed by atoms with E-state index >= 15 is 0 Å². The normalized spacial score (nSPS) is 13.6. The van der Waals surface area contributed by atoms with E-state index in [0.29, 0.717) is 35.2 Å². The molecule has 0 saturated carbocycles. The van der Waals surface area contributed by atoms with E-state index in [1.807, 2.05) is 36.4 Å². The summed E-state index contributed by atoms with van der Waals surface area (Å²) in [6.07, 6.45) is 1.51. The minimum absolute atomic E-state index is 0.158. The lowest BCUT2D eigenvalue weighted by Gasteiger charge is -2.20. The van der Waals surface area contributed by atoms with Gasteiger partial charge in [-0.3, -0.25) is 14.6 Å². The van der Waals surface area contributed by atoms with Crippen LogP contribution in [0.5, 0.6) is 0 Å². The van der Waals surface area contributed by atoms with Crippen molar-refractivity contribution in [3.63, 3.8) is 0 Å². The molecule has 3 nitrogen and oxygen atoms in total. The summed E-state index contributed by atoms with van der Waals surface area (Å²) in [5, 5.41) is 1.02. The molecule has 0 amide bonds. The van der Waals surface area contributed by atoms with Crippen LogP contribution in [0.25, 0.3) is 0 Å². The number of thioether (sulfide) groups is 2. The van der Waals surface area contributed by atoms with E-state index in [1.165, 1.54) is 29.7 Å². The molecule has 0 unspecified atom stereocenters. The Morgan fingerprint density at radius 1 is 0.679 bits per heavy atom. The fourth-order valence-corrected chi connectivity index (χ4v) is 5.25. The second kappa shape index (κ2) is 8.13. The van der Waals surface area contributed by atoms with Crippen LogP contribution in [0.2, 0.25) is 10.0 Å². The Hall–Kier alpha value is -2.05.